The molecule has 1 unspecified atom stereocenters. The number of thiophene rings is 1. The average molecular weight is 309 g/mol. The monoisotopic (exact) mass is 309 g/mol. The Bertz CT molecular complexity index is 708. The van der Waals surface area contributed by atoms with E-state index >= 15 is 0 Å². The van der Waals surface area contributed by atoms with Gasteiger partial charge in [-0.25, -0.2) is 0 Å². The topological polar surface area (TPSA) is 20.3 Å². The lowest BCUT2D eigenvalue weighted by molar-refractivity contribution is -0.105. The van der Waals surface area contributed by atoms with E-state index in [9.17, 15) is 4.79 Å². The predicted molar refractivity (Wildman–Crippen MR) is 94.6 cm³/mol. The van der Waals surface area contributed by atoms with Gasteiger partial charge in [-0.15, -0.1) is 11.3 Å². The number of carbonyl (C=O) groups is 1. The fraction of sp³-hybridized carbons (Fsp3) is 0.211. The highest BCUT2D eigenvalue weighted by Gasteiger charge is 2.22. The summed E-state index contributed by atoms with van der Waals surface area (Å²) in [5.41, 5.74) is 4.54. The molecule has 2 nitrogen and oxygen atoms in total. The van der Waals surface area contributed by atoms with Crippen LogP contribution < -0.4 is 4.90 Å². The van der Waals surface area contributed by atoms with Crippen molar-refractivity contribution in [3.05, 3.63) is 69.9 Å². The lowest BCUT2D eigenvalue weighted by atomic mass is 9.82. The molecular weight excluding hydrogens is 290 g/mol. The Morgan fingerprint density at radius 2 is 1.91 bits per heavy atom. The minimum atomic E-state index is 0.149. The number of carbonyl (C=O) groups excluding carboxylic acids is 1. The number of nitrogens with zero attached hydrogens (tertiary/aromatic N) is 1. The summed E-state index contributed by atoms with van der Waals surface area (Å²) in [6, 6.07) is 12.7. The van der Waals surface area contributed by atoms with E-state index < -0.39 is 0 Å². The largest absolute Gasteiger partial charge is 0.378 e. The van der Waals surface area contributed by atoms with E-state index in [2.05, 4.69) is 52.8 Å². The number of allylic oxidation sites excluding steroid dienone is 4. The minimum Gasteiger partial charge on any atom is -0.378 e. The first-order valence-electron chi connectivity index (χ1n) is 7.36. The van der Waals surface area contributed by atoms with Gasteiger partial charge in [0.05, 0.1) is 0 Å². The molecule has 0 bridgehead atoms. The summed E-state index contributed by atoms with van der Waals surface area (Å²) < 4.78 is 0. The van der Waals surface area contributed by atoms with Crippen LogP contribution in [0.25, 0.3) is 5.57 Å². The molecule has 1 aliphatic rings. The van der Waals surface area contributed by atoms with Gasteiger partial charge in [0.25, 0.3) is 0 Å². The van der Waals surface area contributed by atoms with Crippen LogP contribution in [-0.4, -0.2) is 20.4 Å². The van der Waals surface area contributed by atoms with E-state index in [-0.39, 0.29) is 5.92 Å². The molecule has 0 amide bonds. The molecule has 0 saturated heterocycles. The van der Waals surface area contributed by atoms with Crippen LogP contribution in [-0.2, 0) is 4.79 Å². The lowest BCUT2D eigenvalue weighted by Crippen LogP contribution is -2.10. The maximum Gasteiger partial charge on any atom is 0.146 e. The van der Waals surface area contributed by atoms with Crippen molar-refractivity contribution >= 4 is 28.9 Å². The summed E-state index contributed by atoms with van der Waals surface area (Å²) in [5, 5.41) is 2.09. The van der Waals surface area contributed by atoms with Gasteiger partial charge in [-0.1, -0.05) is 30.4 Å². The standard InChI is InChI=1S/C19H19NOS/c1-20(2)17-9-7-14(8-10-17)18-12-15(5-6-16(18)13-21)19-4-3-11-22-19/h3-11,13,18H,12H2,1-2H3. The molecule has 1 heterocycles. The SMILES string of the molecule is CN(C)c1ccc(C2CC(c3cccs3)=CC=C2C=O)cc1. The Morgan fingerprint density at radius 3 is 2.50 bits per heavy atom. The minimum absolute atomic E-state index is 0.149. The molecule has 0 fully saturated rings. The molecule has 0 aliphatic heterocycles. The maximum absolute atomic E-state index is 11.4. The average Bonchev–Trinajstić information content (AvgIpc) is 3.09. The zero-order valence-electron chi connectivity index (χ0n) is 12.8. The molecule has 1 aromatic heterocycles. The smallest absolute Gasteiger partial charge is 0.146 e. The van der Waals surface area contributed by atoms with Crippen LogP contribution in [0.2, 0.25) is 0 Å². The van der Waals surface area contributed by atoms with Crippen LogP contribution >= 0.6 is 11.3 Å². The molecule has 0 spiro atoms. The summed E-state index contributed by atoms with van der Waals surface area (Å²) in [6.45, 7) is 0. The molecular formula is C19H19NOS. The molecule has 112 valence electrons. The van der Waals surface area contributed by atoms with E-state index in [0.717, 1.165) is 18.3 Å². The van der Waals surface area contributed by atoms with Crippen molar-refractivity contribution in [2.75, 3.05) is 19.0 Å². The third-order valence-corrected chi connectivity index (χ3v) is 5.03. The first-order chi connectivity index (χ1) is 10.7. The molecule has 22 heavy (non-hydrogen) atoms. The molecule has 2 aromatic rings. The van der Waals surface area contributed by atoms with Gasteiger partial charge >= 0.3 is 0 Å². The van der Waals surface area contributed by atoms with Crippen molar-refractivity contribution in [2.24, 2.45) is 0 Å². The molecule has 0 radical (unpaired) electrons. The Hall–Kier alpha value is -2.13. The number of benzene rings is 1. The summed E-state index contributed by atoms with van der Waals surface area (Å²) in [6.07, 6.45) is 5.93. The number of hydrogen-bond donors (Lipinski definition) is 0. The van der Waals surface area contributed by atoms with Gasteiger partial charge in [0.2, 0.25) is 0 Å². The van der Waals surface area contributed by atoms with Crippen LogP contribution in [0.4, 0.5) is 5.69 Å². The molecule has 1 aliphatic carbocycles. The number of rotatable bonds is 4. The molecule has 1 aromatic carbocycles. The first-order valence-corrected chi connectivity index (χ1v) is 8.24. The van der Waals surface area contributed by atoms with Crippen molar-refractivity contribution < 1.29 is 4.79 Å². The van der Waals surface area contributed by atoms with Crippen LogP contribution in [0, 0.1) is 0 Å². The number of hydrogen-bond acceptors (Lipinski definition) is 3. The van der Waals surface area contributed by atoms with E-state index in [1.54, 1.807) is 11.3 Å². The second kappa shape index (κ2) is 6.32. The fourth-order valence-electron chi connectivity index (χ4n) is 2.80. The van der Waals surface area contributed by atoms with Crippen molar-refractivity contribution in [3.63, 3.8) is 0 Å². The molecule has 3 heteroatoms. The summed E-state index contributed by atoms with van der Waals surface area (Å²) in [4.78, 5) is 14.8. The van der Waals surface area contributed by atoms with Crippen molar-refractivity contribution in [2.45, 2.75) is 12.3 Å². The molecule has 1 atom stereocenters. The van der Waals surface area contributed by atoms with Crippen molar-refractivity contribution in [1.82, 2.24) is 0 Å². The van der Waals surface area contributed by atoms with E-state index in [0.29, 0.717) is 0 Å². The Kier molecular flexibility index (Phi) is 4.25. The molecule has 0 saturated carbocycles. The third kappa shape index (κ3) is 2.90. The van der Waals surface area contributed by atoms with Gasteiger partial charge in [0.1, 0.15) is 6.29 Å². The lowest BCUT2D eigenvalue weighted by Gasteiger charge is -2.23. The number of anilines is 1. The van der Waals surface area contributed by atoms with Gasteiger partial charge in [0.15, 0.2) is 0 Å². The highest BCUT2D eigenvalue weighted by Crippen LogP contribution is 2.38. The number of aldehydes is 1. The third-order valence-electron chi connectivity index (χ3n) is 4.09. The fourth-order valence-corrected chi connectivity index (χ4v) is 3.56. The van der Waals surface area contributed by atoms with Crippen LogP contribution in [0.3, 0.4) is 0 Å². The van der Waals surface area contributed by atoms with Gasteiger partial charge < -0.3 is 4.90 Å². The zero-order chi connectivity index (χ0) is 15.5. The van der Waals surface area contributed by atoms with Crippen molar-refractivity contribution in [1.29, 1.82) is 0 Å². The predicted octanol–water partition coefficient (Wildman–Crippen LogP) is 4.51. The Labute approximate surface area is 135 Å². The highest BCUT2D eigenvalue weighted by atomic mass is 32.1. The van der Waals surface area contributed by atoms with Crippen LogP contribution in [0.5, 0.6) is 0 Å². The van der Waals surface area contributed by atoms with Gasteiger partial charge in [0, 0.05) is 30.6 Å². The summed E-state index contributed by atoms with van der Waals surface area (Å²) in [5.74, 6) is 0.149. The summed E-state index contributed by atoms with van der Waals surface area (Å²) in [7, 11) is 4.06. The highest BCUT2D eigenvalue weighted by molar-refractivity contribution is 7.11. The normalized spacial score (nSPS) is 17.6. The van der Waals surface area contributed by atoms with Crippen LogP contribution in [0.15, 0.2) is 59.5 Å². The quantitative estimate of drug-likeness (QED) is 0.774. The van der Waals surface area contributed by atoms with E-state index in [4.69, 9.17) is 0 Å². The van der Waals surface area contributed by atoms with Gasteiger partial charge in [-0.3, -0.25) is 4.79 Å². The van der Waals surface area contributed by atoms with Crippen molar-refractivity contribution in [3.8, 4) is 0 Å². The van der Waals surface area contributed by atoms with Gasteiger partial charge in [-0.2, -0.15) is 0 Å². The van der Waals surface area contributed by atoms with E-state index in [1.807, 2.05) is 20.2 Å². The van der Waals surface area contributed by atoms with E-state index in [1.165, 1.54) is 21.7 Å². The molecule has 0 N–H and O–H groups in total. The molecule has 3 rings (SSSR count). The Balaban J connectivity index is 1.91. The second-order valence-corrected chi connectivity index (χ2v) is 6.64. The zero-order valence-corrected chi connectivity index (χ0v) is 13.6. The first kappa shape index (κ1) is 14.8. The summed E-state index contributed by atoms with van der Waals surface area (Å²) >= 11 is 1.75. The Morgan fingerprint density at radius 1 is 1.14 bits per heavy atom. The van der Waals surface area contributed by atoms with Gasteiger partial charge in [-0.05, 0) is 46.7 Å². The second-order valence-electron chi connectivity index (χ2n) is 5.70. The maximum atomic E-state index is 11.4. The van der Waals surface area contributed by atoms with Crippen LogP contribution in [0.1, 0.15) is 22.8 Å².